The van der Waals surface area contributed by atoms with Crippen LogP contribution in [0.4, 0.5) is 13.2 Å². The minimum atomic E-state index is -4.40. The maximum atomic E-state index is 13.1. The zero-order chi connectivity index (χ0) is 16.6. The van der Waals surface area contributed by atoms with Gasteiger partial charge in [-0.25, -0.2) is 0 Å². The van der Waals surface area contributed by atoms with Crippen LogP contribution in [-0.4, -0.2) is 33.8 Å². The van der Waals surface area contributed by atoms with Gasteiger partial charge < -0.3 is 5.73 Å². The highest BCUT2D eigenvalue weighted by Gasteiger charge is 2.39. The lowest BCUT2D eigenvalue weighted by Gasteiger charge is -2.17. The summed E-state index contributed by atoms with van der Waals surface area (Å²) in [4.78, 5) is 1.97. The number of rotatable bonds is 3. The zero-order valence-corrected chi connectivity index (χ0v) is 12.8. The molecule has 0 aliphatic carbocycles. The van der Waals surface area contributed by atoms with E-state index in [-0.39, 0.29) is 24.1 Å². The number of halogens is 3. The monoisotopic (exact) mass is 324 g/mol. The molecule has 2 heterocycles. The van der Waals surface area contributed by atoms with E-state index in [2.05, 4.69) is 5.10 Å². The second-order valence-electron chi connectivity index (χ2n) is 6.01. The van der Waals surface area contributed by atoms with E-state index in [4.69, 9.17) is 5.73 Å². The van der Waals surface area contributed by atoms with Crippen molar-refractivity contribution >= 4 is 0 Å². The Morgan fingerprint density at radius 1 is 1.22 bits per heavy atom. The third-order valence-corrected chi connectivity index (χ3v) is 4.35. The molecule has 23 heavy (non-hydrogen) atoms. The quantitative estimate of drug-likeness (QED) is 0.943. The average molecular weight is 324 g/mol. The Hall–Kier alpha value is -1.86. The van der Waals surface area contributed by atoms with E-state index in [0.29, 0.717) is 13.1 Å². The second-order valence-corrected chi connectivity index (χ2v) is 6.01. The molecule has 124 valence electrons. The molecule has 1 aliphatic rings. The van der Waals surface area contributed by atoms with Gasteiger partial charge in [-0.3, -0.25) is 9.58 Å². The fourth-order valence-corrected chi connectivity index (χ4v) is 3.30. The van der Waals surface area contributed by atoms with Gasteiger partial charge in [0.25, 0.3) is 0 Å². The zero-order valence-electron chi connectivity index (χ0n) is 12.8. The van der Waals surface area contributed by atoms with Crippen LogP contribution in [0.3, 0.4) is 0 Å². The fraction of sp³-hybridized carbons (Fsp3) is 0.438. The van der Waals surface area contributed by atoms with Crippen molar-refractivity contribution in [3.63, 3.8) is 0 Å². The molecule has 1 fully saturated rings. The highest BCUT2D eigenvalue weighted by Crippen LogP contribution is 2.33. The minimum absolute atomic E-state index is 0.0802. The Balaban J connectivity index is 1.76. The maximum Gasteiger partial charge on any atom is 0.433 e. The van der Waals surface area contributed by atoms with Crippen LogP contribution < -0.4 is 5.73 Å². The van der Waals surface area contributed by atoms with Crippen molar-refractivity contribution in [2.75, 3.05) is 13.1 Å². The van der Waals surface area contributed by atoms with Gasteiger partial charge in [0.15, 0.2) is 0 Å². The van der Waals surface area contributed by atoms with Crippen molar-refractivity contribution in [2.45, 2.75) is 24.7 Å². The summed E-state index contributed by atoms with van der Waals surface area (Å²) in [6.45, 7) is 1.43. The standard InChI is InChI=1S/C16H19F3N4/c1-22-15(16(17,18)19)12(7-21-22)8-23-9-13(14(20)10-23)11-5-3-2-4-6-11/h2-7,13-14H,8-10,20H2,1H3/t13-,14+/m0/s1. The molecule has 1 aliphatic heterocycles. The van der Waals surface area contributed by atoms with E-state index in [1.807, 2.05) is 35.2 Å². The molecule has 1 aromatic heterocycles. The summed E-state index contributed by atoms with van der Waals surface area (Å²) in [5.74, 6) is 0.141. The molecule has 0 spiro atoms. The van der Waals surface area contributed by atoms with E-state index < -0.39 is 11.9 Å². The van der Waals surface area contributed by atoms with Crippen LogP contribution in [0.25, 0.3) is 0 Å². The predicted octanol–water partition coefficient (Wildman–Crippen LogP) is 2.37. The number of aromatic nitrogens is 2. The molecule has 4 nitrogen and oxygen atoms in total. The average Bonchev–Trinajstić information content (AvgIpc) is 3.03. The van der Waals surface area contributed by atoms with Gasteiger partial charge in [0.05, 0.1) is 6.20 Å². The maximum absolute atomic E-state index is 13.1. The van der Waals surface area contributed by atoms with E-state index in [1.165, 1.54) is 13.2 Å². The molecule has 1 aromatic carbocycles. The number of likely N-dealkylation sites (tertiary alicyclic amines) is 1. The van der Waals surface area contributed by atoms with Gasteiger partial charge in [-0.2, -0.15) is 18.3 Å². The predicted molar refractivity (Wildman–Crippen MR) is 80.6 cm³/mol. The molecule has 2 aromatic rings. The number of hydrogen-bond donors (Lipinski definition) is 1. The lowest BCUT2D eigenvalue weighted by molar-refractivity contribution is -0.144. The summed E-state index contributed by atoms with van der Waals surface area (Å²) in [5.41, 5.74) is 6.84. The minimum Gasteiger partial charge on any atom is -0.326 e. The molecule has 2 N–H and O–H groups in total. The summed E-state index contributed by atoms with van der Waals surface area (Å²) in [5, 5.41) is 3.76. The highest BCUT2D eigenvalue weighted by atomic mass is 19.4. The first kappa shape index (κ1) is 16.0. The van der Waals surface area contributed by atoms with Crippen molar-refractivity contribution in [3.05, 3.63) is 53.3 Å². The molecule has 2 atom stereocenters. The second kappa shape index (κ2) is 5.98. The lowest BCUT2D eigenvalue weighted by atomic mass is 9.95. The van der Waals surface area contributed by atoms with E-state index in [0.717, 1.165) is 10.2 Å². The van der Waals surface area contributed by atoms with E-state index in [9.17, 15) is 13.2 Å². The highest BCUT2D eigenvalue weighted by molar-refractivity contribution is 5.25. The van der Waals surface area contributed by atoms with Crippen molar-refractivity contribution in [1.82, 2.24) is 14.7 Å². The smallest absolute Gasteiger partial charge is 0.326 e. The third-order valence-electron chi connectivity index (χ3n) is 4.35. The molecule has 0 unspecified atom stereocenters. The van der Waals surface area contributed by atoms with Gasteiger partial charge >= 0.3 is 6.18 Å². The number of nitrogens with two attached hydrogens (primary N) is 1. The molecular formula is C16H19F3N4. The van der Waals surface area contributed by atoms with Crippen molar-refractivity contribution in [2.24, 2.45) is 12.8 Å². The molecular weight excluding hydrogens is 305 g/mol. The fourth-order valence-electron chi connectivity index (χ4n) is 3.30. The number of alkyl halides is 3. The molecule has 7 heteroatoms. The summed E-state index contributed by atoms with van der Waals surface area (Å²) in [7, 11) is 1.31. The number of aryl methyl sites for hydroxylation is 1. The number of nitrogens with zero attached hydrogens (tertiary/aromatic N) is 3. The van der Waals surface area contributed by atoms with Crippen LogP contribution >= 0.6 is 0 Å². The van der Waals surface area contributed by atoms with Gasteiger partial charge in [0.2, 0.25) is 0 Å². The van der Waals surface area contributed by atoms with E-state index >= 15 is 0 Å². The van der Waals surface area contributed by atoms with Gasteiger partial charge in [0, 0.05) is 44.2 Å². The van der Waals surface area contributed by atoms with Crippen LogP contribution in [0.1, 0.15) is 22.7 Å². The van der Waals surface area contributed by atoms with E-state index in [1.54, 1.807) is 0 Å². The number of hydrogen-bond acceptors (Lipinski definition) is 3. The van der Waals surface area contributed by atoms with Crippen LogP contribution in [0.5, 0.6) is 0 Å². The van der Waals surface area contributed by atoms with Gasteiger partial charge in [-0.15, -0.1) is 0 Å². The first-order valence-corrected chi connectivity index (χ1v) is 7.47. The first-order chi connectivity index (χ1) is 10.9. The van der Waals surface area contributed by atoms with Crippen LogP contribution in [0, 0.1) is 0 Å². The lowest BCUT2D eigenvalue weighted by Crippen LogP contribution is -2.29. The number of benzene rings is 1. The van der Waals surface area contributed by atoms with Crippen LogP contribution in [0.15, 0.2) is 36.5 Å². The Morgan fingerprint density at radius 3 is 2.57 bits per heavy atom. The first-order valence-electron chi connectivity index (χ1n) is 7.47. The van der Waals surface area contributed by atoms with Gasteiger partial charge in [-0.1, -0.05) is 30.3 Å². The van der Waals surface area contributed by atoms with Crippen LogP contribution in [0.2, 0.25) is 0 Å². The van der Waals surface area contributed by atoms with Gasteiger partial charge in [0.1, 0.15) is 5.69 Å². The normalized spacial score (nSPS) is 22.7. The SMILES string of the molecule is Cn1ncc(CN2C[C@@H](N)[C@H](c3ccccc3)C2)c1C(F)(F)F. The third kappa shape index (κ3) is 3.25. The molecule has 0 amide bonds. The Bertz CT molecular complexity index is 666. The largest absolute Gasteiger partial charge is 0.433 e. The van der Waals surface area contributed by atoms with Crippen molar-refractivity contribution in [1.29, 1.82) is 0 Å². The Morgan fingerprint density at radius 2 is 1.91 bits per heavy atom. The molecule has 0 radical (unpaired) electrons. The Labute approximate surface area is 132 Å². The summed E-state index contributed by atoms with van der Waals surface area (Å²) in [6, 6.07) is 9.79. The molecule has 0 bridgehead atoms. The molecule has 3 rings (SSSR count). The Kier molecular flexibility index (Phi) is 4.16. The molecule has 1 saturated heterocycles. The summed E-state index contributed by atoms with van der Waals surface area (Å²) < 4.78 is 40.3. The summed E-state index contributed by atoms with van der Waals surface area (Å²) in [6.07, 6.45) is -3.11. The van der Waals surface area contributed by atoms with Crippen molar-refractivity contribution < 1.29 is 13.2 Å². The van der Waals surface area contributed by atoms with Crippen molar-refractivity contribution in [3.8, 4) is 0 Å². The van der Waals surface area contributed by atoms with Crippen LogP contribution in [-0.2, 0) is 19.8 Å². The topological polar surface area (TPSA) is 47.1 Å². The molecule has 0 saturated carbocycles. The summed E-state index contributed by atoms with van der Waals surface area (Å²) >= 11 is 0. The van der Waals surface area contributed by atoms with Gasteiger partial charge in [-0.05, 0) is 5.56 Å².